The number of benzene rings is 3. The molecule has 3 aromatic rings. The monoisotopic (exact) mass is 599 g/mol. The van der Waals surface area contributed by atoms with E-state index >= 15 is 0 Å². The summed E-state index contributed by atoms with van der Waals surface area (Å²) in [7, 11) is -2.52. The zero-order valence-electron chi connectivity index (χ0n) is 21.9. The van der Waals surface area contributed by atoms with Gasteiger partial charge >= 0.3 is 0 Å². The predicted molar refractivity (Wildman–Crippen MR) is 153 cm³/mol. The molecule has 0 fully saturated rings. The van der Waals surface area contributed by atoms with Gasteiger partial charge in [-0.2, -0.15) is 4.31 Å². The maximum atomic E-state index is 13.8. The lowest BCUT2D eigenvalue weighted by atomic mass is 10.0. The third-order valence-electron chi connectivity index (χ3n) is 6.17. The van der Waals surface area contributed by atoms with E-state index in [1.54, 1.807) is 12.1 Å². The zero-order chi connectivity index (χ0) is 27.7. The molecule has 1 N–H and O–H groups in total. The molecule has 0 spiro atoms. The SMILES string of the molecule is CCCNC(=O)[C@@H](Cc1ccccc1)N(Cc1ccc(Br)cc1)C(=O)CN(C)S(=O)(=O)c1ccc(C)cc1. The minimum absolute atomic E-state index is 0.111. The summed E-state index contributed by atoms with van der Waals surface area (Å²) in [6, 6.07) is 22.7. The van der Waals surface area contributed by atoms with Crippen molar-refractivity contribution in [2.45, 2.75) is 44.2 Å². The number of carbonyl (C=O) groups is 2. The fourth-order valence-corrected chi connectivity index (χ4v) is 5.35. The van der Waals surface area contributed by atoms with E-state index in [0.29, 0.717) is 13.0 Å². The van der Waals surface area contributed by atoms with Crippen LogP contribution in [-0.2, 0) is 32.6 Å². The topological polar surface area (TPSA) is 86.8 Å². The summed E-state index contributed by atoms with van der Waals surface area (Å²) in [5, 5.41) is 2.93. The van der Waals surface area contributed by atoms with Crippen molar-refractivity contribution >= 4 is 37.8 Å². The van der Waals surface area contributed by atoms with Crippen LogP contribution in [0.5, 0.6) is 0 Å². The second-order valence-electron chi connectivity index (χ2n) is 9.22. The van der Waals surface area contributed by atoms with Crippen molar-refractivity contribution in [1.29, 1.82) is 0 Å². The number of hydrogen-bond donors (Lipinski definition) is 1. The number of aryl methyl sites for hydroxylation is 1. The summed E-state index contributed by atoms with van der Waals surface area (Å²) >= 11 is 3.43. The second kappa shape index (κ2) is 13.7. The third kappa shape index (κ3) is 7.99. The number of rotatable bonds is 12. The highest BCUT2D eigenvalue weighted by molar-refractivity contribution is 9.10. The zero-order valence-corrected chi connectivity index (χ0v) is 24.3. The van der Waals surface area contributed by atoms with Crippen LogP contribution in [0.15, 0.2) is 88.2 Å². The number of halogens is 1. The Morgan fingerprint density at radius 3 is 2.16 bits per heavy atom. The van der Waals surface area contributed by atoms with E-state index in [1.165, 1.54) is 24.1 Å². The van der Waals surface area contributed by atoms with Gasteiger partial charge in [-0.05, 0) is 48.7 Å². The van der Waals surface area contributed by atoms with Gasteiger partial charge in [0.05, 0.1) is 11.4 Å². The quantitative estimate of drug-likeness (QED) is 0.331. The minimum Gasteiger partial charge on any atom is -0.354 e. The number of carbonyl (C=O) groups excluding carboxylic acids is 2. The first-order chi connectivity index (χ1) is 18.1. The molecule has 0 aromatic heterocycles. The molecule has 0 aliphatic rings. The van der Waals surface area contributed by atoms with Crippen molar-refractivity contribution in [3.8, 4) is 0 Å². The molecule has 0 aliphatic heterocycles. The lowest BCUT2D eigenvalue weighted by Gasteiger charge is -2.32. The summed E-state index contributed by atoms with van der Waals surface area (Å²) in [6.45, 7) is 4.06. The Bertz CT molecular complexity index is 1310. The van der Waals surface area contributed by atoms with Crippen molar-refractivity contribution < 1.29 is 18.0 Å². The van der Waals surface area contributed by atoms with Gasteiger partial charge in [0.15, 0.2) is 0 Å². The lowest BCUT2D eigenvalue weighted by molar-refractivity contribution is -0.141. The Balaban J connectivity index is 1.95. The van der Waals surface area contributed by atoms with E-state index < -0.39 is 28.5 Å². The molecule has 9 heteroatoms. The van der Waals surface area contributed by atoms with Gasteiger partial charge in [0.2, 0.25) is 21.8 Å². The van der Waals surface area contributed by atoms with E-state index in [0.717, 1.165) is 31.9 Å². The van der Waals surface area contributed by atoms with Crippen LogP contribution >= 0.6 is 15.9 Å². The molecule has 202 valence electrons. The van der Waals surface area contributed by atoms with E-state index in [9.17, 15) is 18.0 Å². The fraction of sp³-hybridized carbons (Fsp3) is 0.310. The van der Waals surface area contributed by atoms with Crippen LogP contribution in [0.3, 0.4) is 0 Å². The van der Waals surface area contributed by atoms with Crippen LogP contribution in [0.2, 0.25) is 0 Å². The molecule has 0 saturated heterocycles. The number of likely N-dealkylation sites (N-methyl/N-ethyl adjacent to an activating group) is 1. The Kier molecular flexibility index (Phi) is 10.6. The highest BCUT2D eigenvalue weighted by Gasteiger charge is 2.32. The van der Waals surface area contributed by atoms with E-state index in [1.807, 2.05) is 68.4 Å². The van der Waals surface area contributed by atoms with Crippen LogP contribution in [0.4, 0.5) is 0 Å². The molecule has 0 saturated carbocycles. The highest BCUT2D eigenvalue weighted by Crippen LogP contribution is 2.19. The van der Waals surface area contributed by atoms with Gasteiger partial charge in [-0.15, -0.1) is 0 Å². The Morgan fingerprint density at radius 2 is 1.55 bits per heavy atom. The number of nitrogens with zero attached hydrogens (tertiary/aromatic N) is 2. The molecule has 0 heterocycles. The summed E-state index contributed by atoms with van der Waals surface area (Å²) in [5.74, 6) is -0.733. The molecule has 7 nitrogen and oxygen atoms in total. The standard InChI is InChI=1S/C29H34BrN3O4S/c1-4-18-31-29(35)27(19-23-8-6-5-7-9-23)33(20-24-12-14-25(30)15-13-24)28(34)21-32(3)38(36,37)26-16-10-22(2)11-17-26/h5-17,27H,4,18-21H2,1-3H3,(H,31,35)/t27-/m1/s1. The molecule has 3 aromatic carbocycles. The molecule has 0 aliphatic carbocycles. The van der Waals surface area contributed by atoms with Crippen LogP contribution in [0.25, 0.3) is 0 Å². The van der Waals surface area contributed by atoms with Crippen molar-refractivity contribution in [3.63, 3.8) is 0 Å². The molecule has 38 heavy (non-hydrogen) atoms. The summed E-state index contributed by atoms with van der Waals surface area (Å²) < 4.78 is 28.3. The Morgan fingerprint density at radius 1 is 0.921 bits per heavy atom. The van der Waals surface area contributed by atoms with Crippen LogP contribution < -0.4 is 5.32 Å². The van der Waals surface area contributed by atoms with Gasteiger partial charge in [-0.3, -0.25) is 9.59 Å². The maximum Gasteiger partial charge on any atom is 0.243 e. The molecular formula is C29H34BrN3O4S. The minimum atomic E-state index is -3.90. The van der Waals surface area contributed by atoms with Crippen LogP contribution in [-0.4, -0.2) is 55.6 Å². The lowest BCUT2D eigenvalue weighted by Crippen LogP contribution is -2.53. The van der Waals surface area contributed by atoms with Gasteiger partial charge in [-0.1, -0.05) is 83.0 Å². The smallest absolute Gasteiger partial charge is 0.243 e. The van der Waals surface area contributed by atoms with Crippen molar-refractivity contribution in [1.82, 2.24) is 14.5 Å². The molecule has 0 radical (unpaired) electrons. The first-order valence-electron chi connectivity index (χ1n) is 12.5. The Labute approximate surface area is 234 Å². The van der Waals surface area contributed by atoms with Crippen molar-refractivity contribution in [2.75, 3.05) is 20.1 Å². The van der Waals surface area contributed by atoms with Gasteiger partial charge < -0.3 is 10.2 Å². The first-order valence-corrected chi connectivity index (χ1v) is 14.7. The molecule has 2 amide bonds. The molecule has 0 bridgehead atoms. The molecule has 1 atom stereocenters. The number of amides is 2. The first kappa shape index (κ1) is 29.5. The average molecular weight is 601 g/mol. The number of nitrogens with one attached hydrogen (secondary N) is 1. The fourth-order valence-electron chi connectivity index (χ4n) is 3.96. The molecule has 0 unspecified atom stereocenters. The summed E-state index contributed by atoms with van der Waals surface area (Å²) in [4.78, 5) is 28.8. The van der Waals surface area contributed by atoms with E-state index in [4.69, 9.17) is 0 Å². The number of sulfonamides is 1. The molecule has 3 rings (SSSR count). The third-order valence-corrected chi connectivity index (χ3v) is 8.52. The average Bonchev–Trinajstić information content (AvgIpc) is 2.91. The number of hydrogen-bond acceptors (Lipinski definition) is 4. The summed E-state index contributed by atoms with van der Waals surface area (Å²) in [5.41, 5.74) is 2.66. The van der Waals surface area contributed by atoms with Crippen LogP contribution in [0, 0.1) is 6.92 Å². The normalized spacial score (nSPS) is 12.2. The van der Waals surface area contributed by atoms with Gasteiger partial charge in [0.1, 0.15) is 6.04 Å². The maximum absolute atomic E-state index is 13.8. The predicted octanol–water partition coefficient (Wildman–Crippen LogP) is 4.54. The second-order valence-corrected chi connectivity index (χ2v) is 12.2. The van der Waals surface area contributed by atoms with Crippen molar-refractivity contribution in [2.24, 2.45) is 0 Å². The summed E-state index contributed by atoms with van der Waals surface area (Å²) in [6.07, 6.45) is 1.05. The Hall–Kier alpha value is -3.01. The highest BCUT2D eigenvalue weighted by atomic mass is 79.9. The van der Waals surface area contributed by atoms with Crippen LogP contribution in [0.1, 0.15) is 30.0 Å². The van der Waals surface area contributed by atoms with Gasteiger partial charge in [0, 0.05) is 31.0 Å². The molecular weight excluding hydrogens is 566 g/mol. The van der Waals surface area contributed by atoms with E-state index in [2.05, 4.69) is 21.2 Å². The van der Waals surface area contributed by atoms with Gasteiger partial charge in [0.25, 0.3) is 0 Å². The van der Waals surface area contributed by atoms with Gasteiger partial charge in [-0.25, -0.2) is 8.42 Å². The largest absolute Gasteiger partial charge is 0.354 e. The van der Waals surface area contributed by atoms with E-state index in [-0.39, 0.29) is 17.3 Å². The van der Waals surface area contributed by atoms with Crippen molar-refractivity contribution in [3.05, 3.63) is 100 Å².